The zero-order chi connectivity index (χ0) is 15.4. The van der Waals surface area contributed by atoms with E-state index < -0.39 is 0 Å². The van der Waals surface area contributed by atoms with E-state index in [0.717, 1.165) is 36.5 Å². The quantitative estimate of drug-likeness (QED) is 0.573. The highest BCUT2D eigenvalue weighted by molar-refractivity contribution is 7.80. The summed E-state index contributed by atoms with van der Waals surface area (Å²) in [5.74, 6) is 0.851. The van der Waals surface area contributed by atoms with Gasteiger partial charge in [-0.25, -0.2) is 0 Å². The molecule has 0 saturated heterocycles. The Bertz CT molecular complexity index is 430. The average Bonchev–Trinajstić information content (AvgIpc) is 2.28. The maximum absolute atomic E-state index is 5.74. The average molecular weight is 293 g/mol. The van der Waals surface area contributed by atoms with Gasteiger partial charge in [-0.15, -0.1) is 0 Å². The van der Waals surface area contributed by atoms with Gasteiger partial charge in [0.25, 0.3) is 0 Å². The number of hydrogen-bond acceptors (Lipinski definition) is 1. The second kappa shape index (κ2) is 6.80. The van der Waals surface area contributed by atoms with Crippen LogP contribution < -0.4 is 4.74 Å². The van der Waals surface area contributed by atoms with Gasteiger partial charge in [0.1, 0.15) is 5.75 Å². The van der Waals surface area contributed by atoms with Crippen LogP contribution in [0.15, 0.2) is 23.1 Å². The lowest BCUT2D eigenvalue weighted by molar-refractivity contribution is 0.282. The molecule has 2 heteroatoms. The van der Waals surface area contributed by atoms with E-state index in [-0.39, 0.29) is 5.41 Å². The summed E-state index contributed by atoms with van der Waals surface area (Å²) in [5.41, 5.74) is 1.75. The van der Waals surface area contributed by atoms with Crippen LogP contribution in [0.2, 0.25) is 0 Å². The molecule has 0 aliphatic heterocycles. The third-order valence-corrected chi connectivity index (χ3v) is 3.77. The van der Waals surface area contributed by atoms with Crippen molar-refractivity contribution in [3.63, 3.8) is 0 Å². The molecule has 1 aromatic rings. The summed E-state index contributed by atoms with van der Waals surface area (Å²) < 4.78 is 5.74. The van der Waals surface area contributed by atoms with Gasteiger partial charge in [-0.3, -0.25) is 0 Å². The first kappa shape index (κ1) is 17.3. The number of hydrogen-bond donors (Lipinski definition) is 0. The van der Waals surface area contributed by atoms with Crippen LogP contribution in [-0.2, 0) is 5.41 Å². The molecular formula is C18H29OS. The lowest BCUT2D eigenvalue weighted by Gasteiger charge is -2.33. The maximum atomic E-state index is 5.74. The monoisotopic (exact) mass is 293 g/mol. The van der Waals surface area contributed by atoms with E-state index in [1.165, 1.54) is 5.56 Å². The van der Waals surface area contributed by atoms with Crippen molar-refractivity contribution in [1.29, 1.82) is 0 Å². The summed E-state index contributed by atoms with van der Waals surface area (Å²) in [6.07, 6.45) is 3.35. The van der Waals surface area contributed by atoms with Gasteiger partial charge in [-0.2, -0.15) is 0 Å². The lowest BCUT2D eigenvalue weighted by atomic mass is 9.72. The molecule has 0 fully saturated rings. The van der Waals surface area contributed by atoms with Crippen LogP contribution in [0, 0.1) is 5.41 Å². The van der Waals surface area contributed by atoms with Gasteiger partial charge < -0.3 is 4.74 Å². The predicted molar refractivity (Wildman–Crippen MR) is 89.8 cm³/mol. The topological polar surface area (TPSA) is 9.23 Å². The first-order valence-electron chi connectivity index (χ1n) is 7.60. The van der Waals surface area contributed by atoms with E-state index in [9.17, 15) is 0 Å². The highest BCUT2D eigenvalue weighted by Crippen LogP contribution is 2.38. The van der Waals surface area contributed by atoms with Crippen molar-refractivity contribution in [2.75, 3.05) is 6.61 Å². The number of rotatable bonds is 6. The van der Waals surface area contributed by atoms with Crippen LogP contribution in [0.1, 0.15) is 66.4 Å². The maximum Gasteiger partial charge on any atom is 0.137 e. The van der Waals surface area contributed by atoms with Crippen LogP contribution in [-0.4, -0.2) is 6.61 Å². The molecule has 1 aromatic carbocycles. The van der Waals surface area contributed by atoms with Crippen molar-refractivity contribution < 1.29 is 4.74 Å². The van der Waals surface area contributed by atoms with E-state index in [2.05, 4.69) is 53.7 Å². The standard InChI is InChI=1S/C18H29OS/c1-7-8-11-19-15-10-9-14(12-16(15)20)18(5,6)13-17(2,3)4/h9-10,12H,7-8,11,13H2,1-6H3. The molecule has 0 heterocycles. The first-order chi connectivity index (χ1) is 9.15. The van der Waals surface area contributed by atoms with Crippen molar-refractivity contribution in [2.24, 2.45) is 5.41 Å². The largest absolute Gasteiger partial charge is 0.492 e. The van der Waals surface area contributed by atoms with Gasteiger partial charge in [0.05, 0.1) is 11.5 Å². The molecule has 0 saturated carbocycles. The Balaban J connectivity index is 2.85. The van der Waals surface area contributed by atoms with E-state index in [1.807, 2.05) is 6.07 Å². The Morgan fingerprint density at radius 3 is 2.25 bits per heavy atom. The Kier molecular flexibility index (Phi) is 5.88. The van der Waals surface area contributed by atoms with Gasteiger partial charge in [-0.05, 0) is 41.4 Å². The molecule has 1 nitrogen and oxygen atoms in total. The number of unbranched alkanes of at least 4 members (excludes halogenated alkanes) is 1. The number of ether oxygens (including phenoxy) is 1. The van der Waals surface area contributed by atoms with E-state index in [1.54, 1.807) is 0 Å². The molecule has 0 bridgehead atoms. The Labute approximate surface area is 130 Å². The summed E-state index contributed by atoms with van der Waals surface area (Å²) in [6.45, 7) is 14.4. The molecule has 20 heavy (non-hydrogen) atoms. The van der Waals surface area contributed by atoms with Crippen molar-refractivity contribution in [2.45, 2.75) is 71.1 Å². The van der Waals surface area contributed by atoms with Crippen molar-refractivity contribution in [3.05, 3.63) is 23.8 Å². The molecule has 0 N–H and O–H groups in total. The molecule has 0 atom stereocenters. The molecule has 0 unspecified atom stereocenters. The Hall–Kier alpha value is -0.760. The van der Waals surface area contributed by atoms with Crippen LogP contribution in [0.4, 0.5) is 0 Å². The van der Waals surface area contributed by atoms with Gasteiger partial charge in [0.15, 0.2) is 0 Å². The van der Waals surface area contributed by atoms with Gasteiger partial charge in [0.2, 0.25) is 0 Å². The molecule has 0 spiro atoms. The summed E-state index contributed by atoms with van der Waals surface area (Å²) in [4.78, 5) is 0.834. The highest BCUT2D eigenvalue weighted by Gasteiger charge is 2.27. The third-order valence-electron chi connectivity index (χ3n) is 3.45. The third kappa shape index (κ3) is 5.32. The Morgan fingerprint density at radius 2 is 1.75 bits per heavy atom. The fraction of sp³-hybridized carbons (Fsp3) is 0.667. The first-order valence-corrected chi connectivity index (χ1v) is 8.01. The predicted octanol–water partition coefficient (Wildman–Crippen LogP) is 6.14. The molecule has 113 valence electrons. The van der Waals surface area contributed by atoms with Crippen molar-refractivity contribution in [1.82, 2.24) is 0 Å². The Morgan fingerprint density at radius 1 is 1.10 bits per heavy atom. The van der Waals surface area contributed by atoms with Crippen molar-refractivity contribution >= 4 is 12.6 Å². The second-order valence-electron chi connectivity index (χ2n) is 7.48. The minimum absolute atomic E-state index is 0.133. The highest BCUT2D eigenvalue weighted by atomic mass is 32.1. The summed E-state index contributed by atoms with van der Waals surface area (Å²) in [7, 11) is 0. The fourth-order valence-corrected chi connectivity index (χ4v) is 3.06. The minimum atomic E-state index is 0.133. The van der Waals surface area contributed by atoms with Gasteiger partial charge in [0, 0.05) is 0 Å². The molecule has 0 aliphatic carbocycles. The zero-order valence-corrected chi connectivity index (χ0v) is 14.7. The fourth-order valence-electron chi connectivity index (χ4n) is 2.80. The van der Waals surface area contributed by atoms with Crippen molar-refractivity contribution in [3.8, 4) is 5.75 Å². The van der Waals surface area contributed by atoms with Crippen LogP contribution in [0.3, 0.4) is 0 Å². The SMILES string of the molecule is CCCCOc1ccc(C(C)(C)CC(C)(C)C)cc1[S]. The molecule has 0 amide bonds. The van der Waals surface area contributed by atoms with E-state index >= 15 is 0 Å². The summed E-state index contributed by atoms with van der Waals surface area (Å²) >= 11 is 5.47. The smallest absolute Gasteiger partial charge is 0.137 e. The van der Waals surface area contributed by atoms with Crippen LogP contribution in [0.5, 0.6) is 5.75 Å². The van der Waals surface area contributed by atoms with Gasteiger partial charge in [-0.1, -0.05) is 66.7 Å². The second-order valence-corrected chi connectivity index (χ2v) is 7.92. The van der Waals surface area contributed by atoms with E-state index in [0.29, 0.717) is 5.41 Å². The number of benzene rings is 1. The van der Waals surface area contributed by atoms with Crippen LogP contribution >= 0.6 is 12.6 Å². The van der Waals surface area contributed by atoms with Crippen LogP contribution in [0.25, 0.3) is 0 Å². The lowest BCUT2D eigenvalue weighted by Crippen LogP contribution is -2.24. The molecule has 0 aromatic heterocycles. The summed E-state index contributed by atoms with van der Waals surface area (Å²) in [5, 5.41) is 0. The molecule has 1 rings (SSSR count). The van der Waals surface area contributed by atoms with E-state index in [4.69, 9.17) is 17.4 Å². The normalized spacial score (nSPS) is 12.5. The summed E-state index contributed by atoms with van der Waals surface area (Å²) in [6, 6.07) is 6.32. The molecule has 0 aliphatic rings. The molecular weight excluding hydrogens is 264 g/mol. The molecule has 1 radical (unpaired) electrons. The minimum Gasteiger partial charge on any atom is -0.492 e. The zero-order valence-electron chi connectivity index (χ0n) is 13.9. The van der Waals surface area contributed by atoms with Gasteiger partial charge >= 0.3 is 0 Å².